The van der Waals surface area contributed by atoms with Gasteiger partial charge in [-0.2, -0.15) is 0 Å². The van der Waals surface area contributed by atoms with E-state index in [0.29, 0.717) is 13.0 Å². The lowest BCUT2D eigenvalue weighted by atomic mass is 10.0. The predicted octanol–water partition coefficient (Wildman–Crippen LogP) is 2.00. The highest BCUT2D eigenvalue weighted by Gasteiger charge is 2.21. The highest BCUT2D eigenvalue weighted by Crippen LogP contribution is 2.26. The lowest BCUT2D eigenvalue weighted by Crippen LogP contribution is -2.21. The largest absolute Gasteiger partial charge is 0.470 e. The van der Waals surface area contributed by atoms with Gasteiger partial charge in [0.05, 0.1) is 18.8 Å². The Bertz CT molecular complexity index is 257. The molecule has 0 bridgehead atoms. The van der Waals surface area contributed by atoms with E-state index >= 15 is 0 Å². The number of carbonyl (C=O) groups is 1. The molecular weight excluding hydrogens is 196 g/mol. The summed E-state index contributed by atoms with van der Waals surface area (Å²) in [4.78, 5) is 11.3. The van der Waals surface area contributed by atoms with Crippen LogP contribution in [-0.2, 0) is 19.0 Å². The van der Waals surface area contributed by atoms with Gasteiger partial charge in [0, 0.05) is 13.5 Å². The van der Waals surface area contributed by atoms with Crippen LogP contribution in [0.15, 0.2) is 11.3 Å². The summed E-state index contributed by atoms with van der Waals surface area (Å²) in [7, 11) is 1.62. The Kier molecular flexibility index (Phi) is 4.62. The third-order valence-corrected chi connectivity index (χ3v) is 2.41. The quantitative estimate of drug-likeness (QED) is 0.671. The fourth-order valence-corrected chi connectivity index (χ4v) is 1.57. The Morgan fingerprint density at radius 3 is 2.87 bits per heavy atom. The van der Waals surface area contributed by atoms with Crippen LogP contribution in [0, 0.1) is 0 Å². The van der Waals surface area contributed by atoms with Crippen molar-refractivity contribution in [2.24, 2.45) is 0 Å². The van der Waals surface area contributed by atoms with Crippen molar-refractivity contribution in [2.45, 2.75) is 39.4 Å². The fourth-order valence-electron chi connectivity index (χ4n) is 1.57. The number of hydrogen-bond acceptors (Lipinski definition) is 4. The zero-order valence-corrected chi connectivity index (χ0v) is 9.54. The van der Waals surface area contributed by atoms with E-state index in [0.717, 1.165) is 24.2 Å². The van der Waals surface area contributed by atoms with Crippen LogP contribution in [-0.4, -0.2) is 26.0 Å². The van der Waals surface area contributed by atoms with E-state index in [-0.39, 0.29) is 12.3 Å². The van der Waals surface area contributed by atoms with Crippen molar-refractivity contribution >= 4 is 5.97 Å². The molecule has 1 rings (SSSR count). The molecule has 15 heavy (non-hydrogen) atoms. The molecule has 0 N–H and O–H groups in total. The molecule has 1 aliphatic heterocycles. The summed E-state index contributed by atoms with van der Waals surface area (Å²) in [5, 5.41) is 0. The number of esters is 1. The third kappa shape index (κ3) is 3.55. The summed E-state index contributed by atoms with van der Waals surface area (Å²) in [5.74, 6) is 0.604. The first-order chi connectivity index (χ1) is 7.17. The fraction of sp³-hybridized carbons (Fsp3) is 0.727. The second-order valence-electron chi connectivity index (χ2n) is 3.46. The molecule has 0 spiro atoms. The van der Waals surface area contributed by atoms with Crippen LogP contribution in [0.4, 0.5) is 0 Å². The monoisotopic (exact) mass is 214 g/mol. The average Bonchev–Trinajstić information content (AvgIpc) is 2.21. The number of rotatable bonds is 4. The van der Waals surface area contributed by atoms with E-state index in [4.69, 9.17) is 14.2 Å². The van der Waals surface area contributed by atoms with E-state index < -0.39 is 0 Å². The van der Waals surface area contributed by atoms with Crippen LogP contribution >= 0.6 is 0 Å². The van der Waals surface area contributed by atoms with Crippen LogP contribution in [0.5, 0.6) is 0 Å². The maximum atomic E-state index is 11.3. The Morgan fingerprint density at radius 2 is 2.33 bits per heavy atom. The highest BCUT2D eigenvalue weighted by atomic mass is 16.7. The number of methoxy groups -OCH3 is 1. The Balaban J connectivity index is 2.51. The van der Waals surface area contributed by atoms with Crippen molar-refractivity contribution in [3.05, 3.63) is 11.3 Å². The van der Waals surface area contributed by atoms with Crippen molar-refractivity contribution in [3.63, 3.8) is 0 Å². The molecule has 0 aromatic heterocycles. The number of carbonyl (C=O) groups excluding carboxylic acids is 1. The maximum absolute atomic E-state index is 11.3. The molecule has 1 aliphatic rings. The minimum atomic E-state index is -0.189. The van der Waals surface area contributed by atoms with Crippen LogP contribution in [0.1, 0.15) is 33.1 Å². The molecule has 1 heterocycles. The minimum Gasteiger partial charge on any atom is -0.470 e. The first-order valence-corrected chi connectivity index (χ1v) is 5.21. The van der Waals surface area contributed by atoms with Crippen LogP contribution in [0.2, 0.25) is 0 Å². The van der Waals surface area contributed by atoms with Crippen molar-refractivity contribution in [2.75, 3.05) is 13.7 Å². The lowest BCUT2D eigenvalue weighted by molar-refractivity contribution is -0.143. The molecule has 0 aromatic carbocycles. The number of hydrogen-bond donors (Lipinski definition) is 0. The predicted molar refractivity (Wildman–Crippen MR) is 55.1 cm³/mol. The summed E-state index contributed by atoms with van der Waals surface area (Å²) in [5.41, 5.74) is 1.02. The minimum absolute atomic E-state index is 0.170. The number of ether oxygens (including phenoxy) is 3. The van der Waals surface area contributed by atoms with Crippen LogP contribution < -0.4 is 0 Å². The topological polar surface area (TPSA) is 44.8 Å². The van der Waals surface area contributed by atoms with Gasteiger partial charge in [-0.3, -0.25) is 4.79 Å². The summed E-state index contributed by atoms with van der Waals surface area (Å²) < 4.78 is 15.5. The van der Waals surface area contributed by atoms with Crippen molar-refractivity contribution in [1.82, 2.24) is 0 Å². The van der Waals surface area contributed by atoms with Gasteiger partial charge >= 0.3 is 5.97 Å². The van der Waals surface area contributed by atoms with Gasteiger partial charge < -0.3 is 14.2 Å². The van der Waals surface area contributed by atoms with E-state index in [1.54, 1.807) is 14.0 Å². The summed E-state index contributed by atoms with van der Waals surface area (Å²) >= 11 is 0. The molecule has 4 nitrogen and oxygen atoms in total. The van der Waals surface area contributed by atoms with Crippen molar-refractivity contribution < 1.29 is 19.0 Å². The summed E-state index contributed by atoms with van der Waals surface area (Å²) in [6, 6.07) is 0. The average molecular weight is 214 g/mol. The molecule has 4 heteroatoms. The van der Waals surface area contributed by atoms with Gasteiger partial charge in [-0.1, -0.05) is 0 Å². The zero-order chi connectivity index (χ0) is 11.3. The maximum Gasteiger partial charge on any atom is 0.310 e. The highest BCUT2D eigenvalue weighted by molar-refractivity contribution is 5.72. The Hall–Kier alpha value is -1.03. The van der Waals surface area contributed by atoms with E-state index in [1.165, 1.54) is 0 Å². The Labute approximate surface area is 90.2 Å². The second-order valence-corrected chi connectivity index (χ2v) is 3.46. The summed E-state index contributed by atoms with van der Waals surface area (Å²) in [6.07, 6.45) is 1.79. The smallest absolute Gasteiger partial charge is 0.310 e. The molecule has 86 valence electrons. The first-order valence-electron chi connectivity index (χ1n) is 5.21. The molecule has 0 saturated carbocycles. The van der Waals surface area contributed by atoms with E-state index in [9.17, 15) is 4.79 Å². The van der Waals surface area contributed by atoms with Crippen LogP contribution in [0.25, 0.3) is 0 Å². The van der Waals surface area contributed by atoms with Gasteiger partial charge in [-0.05, 0) is 25.8 Å². The summed E-state index contributed by atoms with van der Waals surface area (Å²) in [6.45, 7) is 4.09. The van der Waals surface area contributed by atoms with Crippen molar-refractivity contribution in [3.8, 4) is 0 Å². The van der Waals surface area contributed by atoms with Gasteiger partial charge in [0.25, 0.3) is 0 Å². The normalized spacial score (nSPS) is 21.1. The first kappa shape index (κ1) is 12.0. The molecular formula is C11H18O4. The molecule has 0 saturated heterocycles. The molecule has 0 aliphatic carbocycles. The van der Waals surface area contributed by atoms with Crippen LogP contribution in [0.3, 0.4) is 0 Å². The van der Waals surface area contributed by atoms with Gasteiger partial charge in [0.2, 0.25) is 0 Å². The number of allylic oxidation sites excluding steroid dienone is 1. The van der Waals surface area contributed by atoms with E-state index in [2.05, 4.69) is 0 Å². The van der Waals surface area contributed by atoms with Crippen molar-refractivity contribution in [1.29, 1.82) is 0 Å². The van der Waals surface area contributed by atoms with E-state index in [1.807, 2.05) is 6.92 Å². The second kappa shape index (κ2) is 5.75. The van der Waals surface area contributed by atoms with Gasteiger partial charge in [0.1, 0.15) is 0 Å². The zero-order valence-electron chi connectivity index (χ0n) is 9.54. The van der Waals surface area contributed by atoms with Gasteiger partial charge in [-0.25, -0.2) is 0 Å². The molecule has 0 radical (unpaired) electrons. The molecule has 0 aromatic rings. The van der Waals surface area contributed by atoms with Gasteiger partial charge in [-0.15, -0.1) is 0 Å². The molecule has 1 atom stereocenters. The molecule has 1 unspecified atom stereocenters. The lowest BCUT2D eigenvalue weighted by Gasteiger charge is -2.25. The van der Waals surface area contributed by atoms with Gasteiger partial charge in [0.15, 0.2) is 6.29 Å². The third-order valence-electron chi connectivity index (χ3n) is 2.41. The molecule has 0 amide bonds. The SMILES string of the molecule is CCOC(=O)CC1=C(C)OC(OC)CC1. The molecule has 0 fully saturated rings. The Morgan fingerprint density at radius 1 is 1.60 bits per heavy atom. The standard InChI is InChI=1S/C11H18O4/c1-4-14-10(12)7-9-5-6-11(13-3)15-8(9)2/h11H,4-7H2,1-3H3.